The monoisotopic (exact) mass is 792 g/mol. The third-order valence-electron chi connectivity index (χ3n) is 11.2. The van der Waals surface area contributed by atoms with Crippen LogP contribution >= 0.6 is 0 Å². The Morgan fingerprint density at radius 3 is 1.27 bits per heavy atom. The lowest BCUT2D eigenvalue weighted by Crippen LogP contribution is -2.07. The molecule has 0 spiro atoms. The number of para-hydroxylation sites is 2. The highest BCUT2D eigenvalue weighted by Crippen LogP contribution is 2.42. The van der Waals surface area contributed by atoms with E-state index in [4.69, 9.17) is 9.97 Å². The van der Waals surface area contributed by atoms with Gasteiger partial charge in [0.1, 0.15) is 17.7 Å². The van der Waals surface area contributed by atoms with E-state index in [0.29, 0.717) is 62.2 Å². The summed E-state index contributed by atoms with van der Waals surface area (Å²) >= 11 is 0. The number of fused-ring (bicyclic) bond motifs is 6. The highest BCUT2D eigenvalue weighted by molar-refractivity contribution is 6.12. The molecule has 0 radical (unpaired) electrons. The molecule has 62 heavy (non-hydrogen) atoms. The third kappa shape index (κ3) is 5.95. The Hall–Kier alpha value is -9.40. The van der Waals surface area contributed by atoms with Gasteiger partial charge in [0.05, 0.1) is 85.5 Å². The molecule has 0 saturated heterocycles. The maximum atomic E-state index is 11.2. The standard InChI is InChI=1S/C52H28N10/c1-30-58-31(2)60-52(59-30)45-24-48(61-46-9-5-3-7-41(46)43-13-11-36(21-49(43)61)38-17-32(25-53)15-33(18-38)26-54)40(29-57)23-51(45)62-47-10-6-4-8-42(47)44-14-12-37(22-50(44)62)39-19-34(27-55)16-35(20-39)28-56/h3-24H,1-2H3. The van der Waals surface area contributed by atoms with Crippen molar-refractivity contribution >= 4 is 43.6 Å². The molecular formula is C52H28N10. The van der Waals surface area contributed by atoms with E-state index in [1.807, 2.05) is 98.8 Å². The summed E-state index contributed by atoms with van der Waals surface area (Å²) in [5, 5.41) is 54.2. The molecule has 3 aromatic heterocycles. The molecule has 0 saturated carbocycles. The van der Waals surface area contributed by atoms with Crippen molar-refractivity contribution in [2.75, 3.05) is 0 Å². The second-order valence-electron chi connectivity index (χ2n) is 15.0. The Morgan fingerprint density at radius 1 is 0.387 bits per heavy atom. The first kappa shape index (κ1) is 36.9. The van der Waals surface area contributed by atoms with Crippen LogP contribution in [0.1, 0.15) is 39.5 Å². The first-order valence-electron chi connectivity index (χ1n) is 19.6. The SMILES string of the molecule is Cc1nc(C)nc(-c2cc(-n3c4ccccc4c4ccc(-c5cc(C#N)cc(C#N)c5)cc43)c(C#N)cc2-n2c3ccccc3c3ccc(-c4cc(C#N)cc(C#N)c4)cc32)n1. The summed E-state index contributed by atoms with van der Waals surface area (Å²) < 4.78 is 4.21. The summed E-state index contributed by atoms with van der Waals surface area (Å²) in [5.41, 5.74) is 10.3. The summed E-state index contributed by atoms with van der Waals surface area (Å²) in [4.78, 5) is 14.3. The van der Waals surface area contributed by atoms with Crippen LogP contribution < -0.4 is 0 Å². The van der Waals surface area contributed by atoms with Crippen LogP contribution in [0.25, 0.3) is 88.6 Å². The van der Waals surface area contributed by atoms with Crippen LogP contribution in [0.15, 0.2) is 133 Å². The minimum Gasteiger partial charge on any atom is -0.308 e. The van der Waals surface area contributed by atoms with Crippen molar-refractivity contribution in [3.05, 3.63) is 173 Å². The summed E-state index contributed by atoms with van der Waals surface area (Å²) in [6.45, 7) is 3.65. The summed E-state index contributed by atoms with van der Waals surface area (Å²) in [5.74, 6) is 1.51. The van der Waals surface area contributed by atoms with Gasteiger partial charge in [-0.25, -0.2) is 15.0 Å². The van der Waals surface area contributed by atoms with Gasteiger partial charge >= 0.3 is 0 Å². The molecule has 0 aliphatic rings. The molecule has 0 aliphatic carbocycles. The zero-order valence-electron chi connectivity index (χ0n) is 33.2. The summed E-state index contributed by atoms with van der Waals surface area (Å²) in [7, 11) is 0. The highest BCUT2D eigenvalue weighted by Gasteiger charge is 2.24. The maximum absolute atomic E-state index is 11.2. The van der Waals surface area contributed by atoms with Gasteiger partial charge in [-0.2, -0.15) is 26.3 Å². The van der Waals surface area contributed by atoms with E-state index in [1.54, 1.807) is 36.4 Å². The maximum Gasteiger partial charge on any atom is 0.165 e. The Kier molecular flexibility index (Phi) is 8.61. The number of aromatic nitrogens is 5. The third-order valence-corrected chi connectivity index (χ3v) is 11.2. The van der Waals surface area contributed by atoms with Crippen LogP contribution in [-0.2, 0) is 0 Å². The lowest BCUT2D eigenvalue weighted by molar-refractivity contribution is 0.926. The Labute approximate surface area is 354 Å². The lowest BCUT2D eigenvalue weighted by Gasteiger charge is -2.18. The summed E-state index contributed by atoms with van der Waals surface area (Å²) in [6.07, 6.45) is 0. The number of rotatable bonds is 5. The molecule has 0 atom stereocenters. The van der Waals surface area contributed by atoms with E-state index in [9.17, 15) is 26.3 Å². The van der Waals surface area contributed by atoms with Gasteiger partial charge in [0, 0.05) is 27.1 Å². The fourth-order valence-electron chi connectivity index (χ4n) is 8.62. The van der Waals surface area contributed by atoms with Crippen molar-refractivity contribution in [3.8, 4) is 75.4 Å². The molecule has 7 aromatic carbocycles. The molecule has 0 unspecified atom stereocenters. The molecule has 10 aromatic rings. The van der Waals surface area contributed by atoms with Gasteiger partial charge in [0.2, 0.25) is 0 Å². The molecule has 0 fully saturated rings. The van der Waals surface area contributed by atoms with Gasteiger partial charge in [-0.15, -0.1) is 0 Å². The fraction of sp³-hybridized carbons (Fsp3) is 0.0385. The minimum absolute atomic E-state index is 0.384. The molecule has 10 heteroatoms. The molecule has 10 nitrogen and oxygen atoms in total. The Balaban J connectivity index is 1.30. The van der Waals surface area contributed by atoms with Crippen molar-refractivity contribution in [1.82, 2.24) is 24.1 Å². The average molecular weight is 793 g/mol. The van der Waals surface area contributed by atoms with Crippen molar-refractivity contribution in [1.29, 1.82) is 26.3 Å². The molecule has 10 rings (SSSR count). The van der Waals surface area contributed by atoms with E-state index in [2.05, 4.69) is 56.6 Å². The Morgan fingerprint density at radius 2 is 0.823 bits per heavy atom. The molecule has 0 bridgehead atoms. The largest absolute Gasteiger partial charge is 0.308 e. The number of nitrogens with zero attached hydrogens (tertiary/aromatic N) is 10. The highest BCUT2D eigenvalue weighted by atomic mass is 15.1. The van der Waals surface area contributed by atoms with Crippen LogP contribution in [0.2, 0.25) is 0 Å². The van der Waals surface area contributed by atoms with E-state index >= 15 is 0 Å². The topological polar surface area (TPSA) is 167 Å². The van der Waals surface area contributed by atoms with E-state index in [1.165, 1.54) is 0 Å². The number of aryl methyl sites for hydroxylation is 2. The lowest BCUT2D eigenvalue weighted by atomic mass is 9.99. The second kappa shape index (κ2) is 14.5. The van der Waals surface area contributed by atoms with E-state index in [-0.39, 0.29) is 0 Å². The van der Waals surface area contributed by atoms with Gasteiger partial charge in [0.15, 0.2) is 5.82 Å². The normalized spacial score (nSPS) is 11.0. The van der Waals surface area contributed by atoms with Gasteiger partial charge < -0.3 is 9.13 Å². The smallest absolute Gasteiger partial charge is 0.165 e. The van der Waals surface area contributed by atoms with Crippen molar-refractivity contribution < 1.29 is 0 Å². The van der Waals surface area contributed by atoms with E-state index in [0.717, 1.165) is 65.9 Å². The summed E-state index contributed by atoms with van der Waals surface area (Å²) in [6, 6.07) is 53.6. The molecule has 0 N–H and O–H groups in total. The van der Waals surface area contributed by atoms with Gasteiger partial charge in [0.25, 0.3) is 0 Å². The van der Waals surface area contributed by atoms with Gasteiger partial charge in [-0.3, -0.25) is 0 Å². The second-order valence-corrected chi connectivity index (χ2v) is 15.0. The van der Waals surface area contributed by atoms with Crippen LogP contribution in [0.4, 0.5) is 0 Å². The molecular weight excluding hydrogens is 765 g/mol. The predicted octanol–water partition coefficient (Wildman–Crippen LogP) is 11.0. The van der Waals surface area contributed by atoms with Gasteiger partial charge in [-0.05, 0) is 109 Å². The van der Waals surface area contributed by atoms with Gasteiger partial charge in [-0.1, -0.05) is 60.7 Å². The molecule has 0 aliphatic heterocycles. The zero-order chi connectivity index (χ0) is 42.6. The molecule has 286 valence electrons. The number of nitriles is 5. The van der Waals surface area contributed by atoms with Crippen LogP contribution in [0.5, 0.6) is 0 Å². The number of hydrogen-bond acceptors (Lipinski definition) is 8. The number of benzene rings is 7. The average Bonchev–Trinajstić information content (AvgIpc) is 3.82. The van der Waals surface area contributed by atoms with Crippen LogP contribution in [0.3, 0.4) is 0 Å². The van der Waals surface area contributed by atoms with Crippen molar-refractivity contribution in [2.45, 2.75) is 13.8 Å². The quantitative estimate of drug-likeness (QED) is 0.166. The van der Waals surface area contributed by atoms with Crippen molar-refractivity contribution in [2.24, 2.45) is 0 Å². The minimum atomic E-state index is 0.384. The van der Waals surface area contributed by atoms with Crippen LogP contribution in [0, 0.1) is 70.5 Å². The Bertz CT molecular complexity index is 3710. The predicted molar refractivity (Wildman–Crippen MR) is 238 cm³/mol. The zero-order valence-corrected chi connectivity index (χ0v) is 33.2. The van der Waals surface area contributed by atoms with E-state index < -0.39 is 0 Å². The molecule has 0 amide bonds. The fourth-order valence-corrected chi connectivity index (χ4v) is 8.62. The first-order chi connectivity index (χ1) is 30.3. The number of hydrogen-bond donors (Lipinski definition) is 0. The first-order valence-corrected chi connectivity index (χ1v) is 19.6. The van der Waals surface area contributed by atoms with Crippen LogP contribution in [-0.4, -0.2) is 24.1 Å². The van der Waals surface area contributed by atoms with Crippen molar-refractivity contribution in [3.63, 3.8) is 0 Å². The molecule has 3 heterocycles.